The highest BCUT2D eigenvalue weighted by molar-refractivity contribution is 5.31. The summed E-state index contributed by atoms with van der Waals surface area (Å²) in [6.45, 7) is 4.55. The van der Waals surface area contributed by atoms with Gasteiger partial charge in [-0.3, -0.25) is 11.3 Å². The maximum atomic E-state index is 5.85. The lowest BCUT2D eigenvalue weighted by Crippen LogP contribution is -2.37. The summed E-state index contributed by atoms with van der Waals surface area (Å²) in [4.78, 5) is 0. The largest absolute Gasteiger partial charge is 0.373 e. The van der Waals surface area contributed by atoms with E-state index in [1.807, 2.05) is 6.08 Å². The Bertz CT molecular complexity index is 378. The van der Waals surface area contributed by atoms with Crippen molar-refractivity contribution in [1.29, 1.82) is 0 Å². The second-order valence-electron chi connectivity index (χ2n) is 4.43. The highest BCUT2D eigenvalue weighted by Crippen LogP contribution is 2.30. The van der Waals surface area contributed by atoms with E-state index in [1.54, 1.807) is 0 Å². The van der Waals surface area contributed by atoms with Gasteiger partial charge in [-0.15, -0.1) is 6.58 Å². The van der Waals surface area contributed by atoms with Crippen LogP contribution < -0.4 is 11.3 Å². The molecule has 1 heterocycles. The van der Waals surface area contributed by atoms with Gasteiger partial charge in [0.15, 0.2) is 0 Å². The van der Waals surface area contributed by atoms with Crippen molar-refractivity contribution in [2.75, 3.05) is 6.61 Å². The van der Waals surface area contributed by atoms with E-state index in [-0.39, 0.29) is 12.1 Å². The van der Waals surface area contributed by atoms with Gasteiger partial charge in [-0.1, -0.05) is 30.3 Å². The van der Waals surface area contributed by atoms with Gasteiger partial charge < -0.3 is 4.74 Å². The van der Waals surface area contributed by atoms with Gasteiger partial charge >= 0.3 is 0 Å². The third-order valence-corrected chi connectivity index (χ3v) is 3.28. The summed E-state index contributed by atoms with van der Waals surface area (Å²) >= 11 is 0. The highest BCUT2D eigenvalue weighted by atomic mass is 16.5. The maximum Gasteiger partial charge on any atom is 0.0843 e. The van der Waals surface area contributed by atoms with Gasteiger partial charge in [0, 0.05) is 6.04 Å². The zero-order chi connectivity index (χ0) is 12.1. The molecule has 1 aromatic carbocycles. The second-order valence-corrected chi connectivity index (χ2v) is 4.43. The number of rotatable bonds is 5. The molecule has 0 saturated carbocycles. The van der Waals surface area contributed by atoms with Crippen molar-refractivity contribution in [3.05, 3.63) is 48.0 Å². The molecule has 0 aliphatic carbocycles. The van der Waals surface area contributed by atoms with Crippen molar-refractivity contribution < 1.29 is 4.74 Å². The molecule has 1 aliphatic rings. The molecule has 0 aromatic heterocycles. The molecule has 0 amide bonds. The Labute approximate surface area is 103 Å². The number of nitrogens with one attached hydrogen (secondary N) is 1. The van der Waals surface area contributed by atoms with Crippen LogP contribution in [-0.2, 0) is 11.2 Å². The number of benzene rings is 1. The van der Waals surface area contributed by atoms with E-state index in [2.05, 4.69) is 36.3 Å². The zero-order valence-corrected chi connectivity index (χ0v) is 10.1. The Balaban J connectivity index is 2.09. The monoisotopic (exact) mass is 232 g/mol. The predicted molar refractivity (Wildman–Crippen MR) is 69.4 cm³/mol. The van der Waals surface area contributed by atoms with Gasteiger partial charge in [0.1, 0.15) is 0 Å². The van der Waals surface area contributed by atoms with Crippen molar-refractivity contribution in [3.63, 3.8) is 0 Å². The van der Waals surface area contributed by atoms with Crippen LogP contribution in [0.3, 0.4) is 0 Å². The summed E-state index contributed by atoms with van der Waals surface area (Å²) in [7, 11) is 0. The van der Waals surface area contributed by atoms with Gasteiger partial charge in [-0.25, -0.2) is 0 Å². The van der Waals surface area contributed by atoms with Gasteiger partial charge in [0.05, 0.1) is 12.7 Å². The molecule has 1 aromatic rings. The van der Waals surface area contributed by atoms with Gasteiger partial charge in [0.25, 0.3) is 0 Å². The minimum Gasteiger partial charge on any atom is -0.373 e. The average molecular weight is 232 g/mol. The van der Waals surface area contributed by atoms with Crippen molar-refractivity contribution in [1.82, 2.24) is 5.43 Å². The molecule has 3 N–H and O–H groups in total. The molecule has 92 valence electrons. The molecule has 2 atom stereocenters. The van der Waals surface area contributed by atoms with Gasteiger partial charge in [0.2, 0.25) is 0 Å². The van der Waals surface area contributed by atoms with Crippen LogP contribution in [0.25, 0.3) is 0 Å². The van der Waals surface area contributed by atoms with E-state index in [4.69, 9.17) is 10.6 Å². The summed E-state index contributed by atoms with van der Waals surface area (Å²) in [5.74, 6) is 5.54. The molecule has 0 radical (unpaired) electrons. The number of hydrazine groups is 1. The standard InChI is InChI=1S/C14H20N2O/c1-2-5-12(16-15)10-14-13-7-4-3-6-11(13)8-9-17-14/h2-4,6-7,12,14,16H,1,5,8-10,15H2. The van der Waals surface area contributed by atoms with Crippen molar-refractivity contribution >= 4 is 0 Å². The molecule has 3 heteroatoms. The minimum absolute atomic E-state index is 0.154. The Morgan fingerprint density at radius 3 is 3.12 bits per heavy atom. The summed E-state index contributed by atoms with van der Waals surface area (Å²) in [6, 6.07) is 8.72. The predicted octanol–water partition coefficient (Wildman–Crippen LogP) is 2.10. The first-order valence-electron chi connectivity index (χ1n) is 6.11. The summed E-state index contributed by atoms with van der Waals surface area (Å²) in [5.41, 5.74) is 5.54. The highest BCUT2D eigenvalue weighted by Gasteiger charge is 2.22. The first-order chi connectivity index (χ1) is 8.35. The Hall–Kier alpha value is -1.16. The van der Waals surface area contributed by atoms with Crippen LogP contribution in [0.1, 0.15) is 30.1 Å². The Morgan fingerprint density at radius 2 is 2.35 bits per heavy atom. The SMILES string of the molecule is C=CCC(CC1OCCc2ccccc21)NN. The van der Waals surface area contributed by atoms with E-state index in [1.165, 1.54) is 11.1 Å². The molecule has 0 fully saturated rings. The lowest BCUT2D eigenvalue weighted by atomic mass is 9.93. The smallest absolute Gasteiger partial charge is 0.0843 e. The number of hydrogen-bond donors (Lipinski definition) is 2. The molecule has 0 bridgehead atoms. The van der Waals surface area contributed by atoms with Crippen LogP contribution in [0.4, 0.5) is 0 Å². The van der Waals surface area contributed by atoms with E-state index >= 15 is 0 Å². The third kappa shape index (κ3) is 2.94. The minimum atomic E-state index is 0.154. The lowest BCUT2D eigenvalue weighted by Gasteiger charge is -2.28. The normalized spacial score (nSPS) is 20.6. The molecule has 0 spiro atoms. The average Bonchev–Trinajstić information content (AvgIpc) is 2.38. The fraction of sp³-hybridized carbons (Fsp3) is 0.429. The van der Waals surface area contributed by atoms with E-state index in [0.717, 1.165) is 25.9 Å². The van der Waals surface area contributed by atoms with E-state index in [9.17, 15) is 0 Å². The van der Waals surface area contributed by atoms with Crippen LogP contribution in [0.15, 0.2) is 36.9 Å². The van der Waals surface area contributed by atoms with Crippen LogP contribution in [0, 0.1) is 0 Å². The van der Waals surface area contributed by atoms with Crippen LogP contribution in [-0.4, -0.2) is 12.6 Å². The molecule has 2 rings (SSSR count). The Morgan fingerprint density at radius 1 is 1.53 bits per heavy atom. The van der Waals surface area contributed by atoms with Gasteiger partial charge in [-0.05, 0) is 30.4 Å². The van der Waals surface area contributed by atoms with E-state index < -0.39 is 0 Å². The number of ether oxygens (including phenoxy) is 1. The summed E-state index contributed by atoms with van der Waals surface area (Å²) in [5, 5.41) is 0. The fourth-order valence-corrected chi connectivity index (χ4v) is 2.36. The molecule has 2 unspecified atom stereocenters. The molecule has 17 heavy (non-hydrogen) atoms. The van der Waals surface area contributed by atoms with Crippen LogP contribution in [0.5, 0.6) is 0 Å². The molecule has 3 nitrogen and oxygen atoms in total. The summed E-state index contributed by atoms with van der Waals surface area (Å²) in [6.07, 6.45) is 4.80. The lowest BCUT2D eigenvalue weighted by molar-refractivity contribution is 0.0296. The Kier molecular flexibility index (Phi) is 4.31. The molecule has 1 aliphatic heterocycles. The first kappa shape index (κ1) is 12.3. The molecular formula is C14H20N2O. The second kappa shape index (κ2) is 5.96. The van der Waals surface area contributed by atoms with Crippen molar-refractivity contribution in [2.45, 2.75) is 31.4 Å². The topological polar surface area (TPSA) is 47.3 Å². The number of fused-ring (bicyclic) bond motifs is 1. The maximum absolute atomic E-state index is 5.85. The van der Waals surface area contributed by atoms with Crippen molar-refractivity contribution in [2.24, 2.45) is 5.84 Å². The fourth-order valence-electron chi connectivity index (χ4n) is 2.36. The zero-order valence-electron chi connectivity index (χ0n) is 10.1. The quantitative estimate of drug-likeness (QED) is 0.464. The first-order valence-corrected chi connectivity index (χ1v) is 6.11. The number of hydrogen-bond acceptors (Lipinski definition) is 3. The summed E-state index contributed by atoms with van der Waals surface area (Å²) < 4.78 is 5.85. The van der Waals surface area contributed by atoms with Crippen LogP contribution in [0.2, 0.25) is 0 Å². The van der Waals surface area contributed by atoms with E-state index in [0.29, 0.717) is 0 Å². The molecular weight excluding hydrogens is 212 g/mol. The third-order valence-electron chi connectivity index (χ3n) is 3.28. The van der Waals surface area contributed by atoms with Gasteiger partial charge in [-0.2, -0.15) is 0 Å². The van der Waals surface area contributed by atoms with Crippen LogP contribution >= 0.6 is 0 Å². The number of nitrogens with two attached hydrogens (primary N) is 1. The molecule has 0 saturated heterocycles. The van der Waals surface area contributed by atoms with Crippen molar-refractivity contribution in [3.8, 4) is 0 Å².